The van der Waals surface area contributed by atoms with E-state index in [2.05, 4.69) is 10.0 Å². The molecule has 2 rings (SSSR count). The fourth-order valence-electron chi connectivity index (χ4n) is 2.43. The summed E-state index contributed by atoms with van der Waals surface area (Å²) < 4.78 is 32.3. The Morgan fingerprint density at radius 2 is 1.85 bits per heavy atom. The minimum absolute atomic E-state index is 0.0750. The van der Waals surface area contributed by atoms with Gasteiger partial charge in [0.1, 0.15) is 10.6 Å². The first-order valence-corrected chi connectivity index (χ1v) is 9.59. The number of methoxy groups -OCH3 is 1. The first-order chi connectivity index (χ1) is 12.4. The van der Waals surface area contributed by atoms with Gasteiger partial charge in [0, 0.05) is 13.1 Å². The van der Waals surface area contributed by atoms with Crippen LogP contribution in [0.3, 0.4) is 0 Å². The van der Waals surface area contributed by atoms with E-state index in [0.29, 0.717) is 18.7 Å². The Morgan fingerprint density at radius 3 is 2.42 bits per heavy atom. The monoisotopic (exact) mass is 378 g/mol. The lowest BCUT2D eigenvalue weighted by atomic mass is 10.1. The zero-order chi connectivity index (χ0) is 19.2. The van der Waals surface area contributed by atoms with E-state index in [9.17, 15) is 13.2 Å². The topological polar surface area (TPSA) is 105 Å². The van der Waals surface area contributed by atoms with Crippen molar-refractivity contribution in [3.8, 4) is 5.75 Å². The Hall–Kier alpha value is -2.58. The van der Waals surface area contributed by atoms with Crippen LogP contribution in [0, 0.1) is 0 Å². The van der Waals surface area contributed by atoms with Crippen molar-refractivity contribution < 1.29 is 23.1 Å². The molecule has 0 saturated carbocycles. The smallest absolute Gasteiger partial charge is 0.335 e. The molecule has 26 heavy (non-hydrogen) atoms. The lowest BCUT2D eigenvalue weighted by molar-refractivity contribution is 0.0696. The number of nitrogens with one attached hydrogen (secondary N) is 2. The van der Waals surface area contributed by atoms with E-state index in [1.807, 2.05) is 24.3 Å². The van der Waals surface area contributed by atoms with Crippen molar-refractivity contribution >= 4 is 21.7 Å². The standard InChI is InChI=1S/C18H22N2O5S/c1-3-20-26(23,24)17-12-14(18(21)22)6-9-16(17)19-11-10-13-4-7-15(25-2)8-5-13/h4-9,12,19-20H,3,10-11H2,1-2H3,(H,21,22). The summed E-state index contributed by atoms with van der Waals surface area (Å²) in [6.45, 7) is 2.37. The van der Waals surface area contributed by atoms with E-state index in [1.54, 1.807) is 14.0 Å². The van der Waals surface area contributed by atoms with Crippen LogP contribution in [0.2, 0.25) is 0 Å². The fraction of sp³-hybridized carbons (Fsp3) is 0.278. The number of anilines is 1. The lowest BCUT2D eigenvalue weighted by Crippen LogP contribution is -2.25. The first-order valence-electron chi connectivity index (χ1n) is 8.11. The summed E-state index contributed by atoms with van der Waals surface area (Å²) in [4.78, 5) is 11.1. The maximum atomic E-state index is 12.4. The summed E-state index contributed by atoms with van der Waals surface area (Å²) in [5, 5.41) is 12.2. The third-order valence-electron chi connectivity index (χ3n) is 3.74. The van der Waals surface area contributed by atoms with Crippen molar-refractivity contribution in [3.05, 3.63) is 53.6 Å². The van der Waals surface area contributed by atoms with Gasteiger partial charge in [-0.25, -0.2) is 17.9 Å². The van der Waals surface area contributed by atoms with Crippen molar-refractivity contribution in [2.45, 2.75) is 18.2 Å². The number of carboxylic acids is 1. The SMILES string of the molecule is CCNS(=O)(=O)c1cc(C(=O)O)ccc1NCCc1ccc(OC)cc1. The predicted octanol–water partition coefficient (Wildman–Crippen LogP) is 2.35. The fourth-order valence-corrected chi connectivity index (χ4v) is 3.67. The van der Waals surface area contributed by atoms with Crippen LogP contribution in [0.25, 0.3) is 0 Å². The highest BCUT2D eigenvalue weighted by molar-refractivity contribution is 7.89. The van der Waals surface area contributed by atoms with Gasteiger partial charge < -0.3 is 15.2 Å². The van der Waals surface area contributed by atoms with E-state index in [4.69, 9.17) is 9.84 Å². The van der Waals surface area contributed by atoms with Gasteiger partial charge >= 0.3 is 5.97 Å². The number of ether oxygens (including phenoxy) is 1. The van der Waals surface area contributed by atoms with Crippen molar-refractivity contribution in [1.82, 2.24) is 4.72 Å². The Balaban J connectivity index is 2.18. The Labute approximate surface area is 153 Å². The van der Waals surface area contributed by atoms with Crippen LogP contribution in [-0.2, 0) is 16.4 Å². The second kappa shape index (κ2) is 8.68. The number of sulfonamides is 1. The van der Waals surface area contributed by atoms with Gasteiger partial charge in [-0.1, -0.05) is 19.1 Å². The zero-order valence-electron chi connectivity index (χ0n) is 14.7. The summed E-state index contributed by atoms with van der Waals surface area (Å²) >= 11 is 0. The molecule has 2 aromatic rings. The number of carboxylic acid groups (broad SMARTS) is 1. The Bertz CT molecular complexity index is 864. The van der Waals surface area contributed by atoms with Crippen molar-refractivity contribution in [2.24, 2.45) is 0 Å². The average molecular weight is 378 g/mol. The van der Waals surface area contributed by atoms with Crippen LogP contribution in [0.4, 0.5) is 5.69 Å². The molecule has 0 saturated heterocycles. The summed E-state index contributed by atoms with van der Waals surface area (Å²) in [5.41, 5.74) is 1.35. The molecule has 0 fully saturated rings. The highest BCUT2D eigenvalue weighted by Gasteiger charge is 2.20. The van der Waals surface area contributed by atoms with E-state index in [0.717, 1.165) is 17.4 Å². The molecule has 8 heteroatoms. The molecular formula is C18H22N2O5S. The maximum absolute atomic E-state index is 12.4. The van der Waals surface area contributed by atoms with Gasteiger partial charge in [-0.3, -0.25) is 0 Å². The molecule has 140 valence electrons. The van der Waals surface area contributed by atoms with Crippen LogP contribution in [0.5, 0.6) is 5.75 Å². The van der Waals surface area contributed by atoms with Crippen LogP contribution in [0.1, 0.15) is 22.8 Å². The molecule has 0 spiro atoms. The summed E-state index contributed by atoms with van der Waals surface area (Å²) in [6.07, 6.45) is 0.672. The molecule has 0 radical (unpaired) electrons. The molecule has 0 amide bonds. The third kappa shape index (κ3) is 4.96. The van der Waals surface area contributed by atoms with E-state index in [1.165, 1.54) is 12.1 Å². The van der Waals surface area contributed by atoms with Gasteiger partial charge in [-0.15, -0.1) is 0 Å². The van der Waals surface area contributed by atoms with Gasteiger partial charge in [0.15, 0.2) is 0 Å². The molecule has 0 aromatic heterocycles. The van der Waals surface area contributed by atoms with Crippen LogP contribution >= 0.6 is 0 Å². The van der Waals surface area contributed by atoms with Crippen LogP contribution < -0.4 is 14.8 Å². The second-order valence-electron chi connectivity index (χ2n) is 5.54. The number of carbonyl (C=O) groups is 1. The van der Waals surface area contributed by atoms with Crippen LogP contribution in [0.15, 0.2) is 47.4 Å². The molecule has 0 atom stereocenters. The normalized spacial score (nSPS) is 11.2. The van der Waals surface area contributed by atoms with Gasteiger partial charge in [0.25, 0.3) is 0 Å². The summed E-state index contributed by atoms with van der Waals surface area (Å²) in [6, 6.07) is 11.6. The molecule has 0 aliphatic carbocycles. The molecule has 0 heterocycles. The maximum Gasteiger partial charge on any atom is 0.335 e. The van der Waals surface area contributed by atoms with Gasteiger partial charge in [0.05, 0.1) is 18.4 Å². The van der Waals surface area contributed by atoms with Crippen LogP contribution in [-0.4, -0.2) is 39.7 Å². The van der Waals surface area contributed by atoms with Gasteiger partial charge in [-0.05, 0) is 42.3 Å². The largest absolute Gasteiger partial charge is 0.497 e. The quantitative estimate of drug-likeness (QED) is 0.619. The van der Waals surface area contributed by atoms with E-state index >= 15 is 0 Å². The van der Waals surface area contributed by atoms with Gasteiger partial charge in [-0.2, -0.15) is 0 Å². The van der Waals surface area contributed by atoms with Crippen molar-refractivity contribution in [3.63, 3.8) is 0 Å². The number of hydrogen-bond acceptors (Lipinski definition) is 5. The van der Waals surface area contributed by atoms with E-state index in [-0.39, 0.29) is 17.0 Å². The molecule has 2 aromatic carbocycles. The third-order valence-corrected chi connectivity index (χ3v) is 5.33. The lowest BCUT2D eigenvalue weighted by Gasteiger charge is -2.14. The van der Waals surface area contributed by atoms with E-state index < -0.39 is 16.0 Å². The first kappa shape index (κ1) is 19.7. The number of hydrogen-bond donors (Lipinski definition) is 3. The van der Waals surface area contributed by atoms with Crippen molar-refractivity contribution in [1.29, 1.82) is 0 Å². The van der Waals surface area contributed by atoms with Gasteiger partial charge in [0.2, 0.25) is 10.0 Å². The predicted molar refractivity (Wildman–Crippen MR) is 99.5 cm³/mol. The molecular weight excluding hydrogens is 356 g/mol. The second-order valence-corrected chi connectivity index (χ2v) is 7.28. The summed E-state index contributed by atoms with van der Waals surface area (Å²) in [7, 11) is -2.19. The number of rotatable bonds is 9. The zero-order valence-corrected chi connectivity index (χ0v) is 15.5. The highest BCUT2D eigenvalue weighted by atomic mass is 32.2. The molecule has 0 unspecified atom stereocenters. The Morgan fingerprint density at radius 1 is 1.15 bits per heavy atom. The minimum Gasteiger partial charge on any atom is -0.497 e. The number of aromatic carboxylic acids is 1. The summed E-state index contributed by atoms with van der Waals surface area (Å²) in [5.74, 6) is -0.410. The molecule has 0 bridgehead atoms. The highest BCUT2D eigenvalue weighted by Crippen LogP contribution is 2.23. The molecule has 0 aliphatic rings. The molecule has 7 nitrogen and oxygen atoms in total. The minimum atomic E-state index is -3.79. The average Bonchev–Trinajstić information content (AvgIpc) is 2.62. The van der Waals surface area contributed by atoms with Crippen molar-refractivity contribution in [2.75, 3.05) is 25.5 Å². The molecule has 0 aliphatic heterocycles. The number of benzene rings is 2. The Kier molecular flexibility index (Phi) is 6.59. The molecule has 3 N–H and O–H groups in total.